The van der Waals surface area contributed by atoms with E-state index in [0.717, 1.165) is 5.56 Å². The highest BCUT2D eigenvalue weighted by atomic mass is 19.3. The third-order valence-electron chi connectivity index (χ3n) is 1.32. The monoisotopic (exact) mass is 170 g/mol. The van der Waals surface area contributed by atoms with Crippen molar-refractivity contribution in [2.24, 2.45) is 0 Å². The van der Waals surface area contributed by atoms with Crippen LogP contribution in [0.2, 0.25) is 0 Å². The summed E-state index contributed by atoms with van der Waals surface area (Å²) in [6.07, 6.45) is 1.57. The first-order valence-corrected chi connectivity index (χ1v) is 3.39. The van der Waals surface area contributed by atoms with Gasteiger partial charge in [0.15, 0.2) is 0 Å². The molecule has 0 saturated carbocycles. The van der Waals surface area contributed by atoms with Gasteiger partial charge in [0.1, 0.15) is 5.75 Å². The summed E-state index contributed by atoms with van der Waals surface area (Å²) >= 11 is 0. The minimum Gasteiger partial charge on any atom is -0.435 e. The predicted octanol–water partition coefficient (Wildman–Crippen LogP) is 2.93. The number of halogens is 2. The zero-order valence-corrected chi connectivity index (χ0v) is 6.34. The SMILES string of the molecule is C=Cc1cccc(OC(F)F)c1. The van der Waals surface area contributed by atoms with Crippen LogP contribution in [0, 0.1) is 0 Å². The maximum Gasteiger partial charge on any atom is 0.387 e. The van der Waals surface area contributed by atoms with Gasteiger partial charge >= 0.3 is 6.61 Å². The zero-order chi connectivity index (χ0) is 8.97. The van der Waals surface area contributed by atoms with Crippen molar-refractivity contribution in [1.29, 1.82) is 0 Å². The minimum absolute atomic E-state index is 0.155. The van der Waals surface area contributed by atoms with E-state index in [1.165, 1.54) is 12.1 Å². The molecule has 0 saturated heterocycles. The van der Waals surface area contributed by atoms with E-state index in [9.17, 15) is 8.78 Å². The van der Waals surface area contributed by atoms with E-state index in [-0.39, 0.29) is 5.75 Å². The van der Waals surface area contributed by atoms with E-state index in [2.05, 4.69) is 11.3 Å². The molecule has 0 atom stereocenters. The van der Waals surface area contributed by atoms with Crippen molar-refractivity contribution < 1.29 is 13.5 Å². The molecule has 0 N–H and O–H groups in total. The lowest BCUT2D eigenvalue weighted by Crippen LogP contribution is -2.01. The van der Waals surface area contributed by atoms with Crippen LogP contribution in [0.1, 0.15) is 5.56 Å². The van der Waals surface area contributed by atoms with Crippen LogP contribution in [-0.4, -0.2) is 6.61 Å². The van der Waals surface area contributed by atoms with Crippen LogP contribution >= 0.6 is 0 Å². The van der Waals surface area contributed by atoms with E-state index in [0.29, 0.717) is 0 Å². The Morgan fingerprint density at radius 2 is 2.17 bits per heavy atom. The number of alkyl halides is 2. The number of hydrogen-bond acceptors (Lipinski definition) is 1. The summed E-state index contributed by atoms with van der Waals surface area (Å²) < 4.78 is 27.6. The average Bonchev–Trinajstić information content (AvgIpc) is 2.03. The molecule has 12 heavy (non-hydrogen) atoms. The third kappa shape index (κ3) is 2.34. The lowest BCUT2D eigenvalue weighted by Gasteiger charge is -2.03. The van der Waals surface area contributed by atoms with Crippen molar-refractivity contribution in [3.05, 3.63) is 36.4 Å². The lowest BCUT2D eigenvalue weighted by atomic mass is 10.2. The van der Waals surface area contributed by atoms with Gasteiger partial charge in [-0.05, 0) is 17.7 Å². The second-order valence-electron chi connectivity index (χ2n) is 2.16. The number of ether oxygens (including phenoxy) is 1. The van der Waals surface area contributed by atoms with Crippen LogP contribution < -0.4 is 4.74 Å². The Morgan fingerprint density at radius 3 is 2.75 bits per heavy atom. The molecule has 0 aromatic heterocycles. The zero-order valence-electron chi connectivity index (χ0n) is 6.34. The molecule has 3 heteroatoms. The highest BCUT2D eigenvalue weighted by molar-refractivity contribution is 5.49. The van der Waals surface area contributed by atoms with Crippen LogP contribution in [0.4, 0.5) is 8.78 Å². The van der Waals surface area contributed by atoms with Crippen molar-refractivity contribution >= 4 is 6.08 Å². The largest absolute Gasteiger partial charge is 0.435 e. The molecule has 0 amide bonds. The summed E-state index contributed by atoms with van der Waals surface area (Å²) in [7, 11) is 0. The quantitative estimate of drug-likeness (QED) is 0.677. The molecule has 0 aliphatic heterocycles. The van der Waals surface area contributed by atoms with Gasteiger partial charge in [0.2, 0.25) is 0 Å². The molecule has 0 radical (unpaired) electrons. The molecule has 1 aromatic rings. The molecule has 0 fully saturated rings. The topological polar surface area (TPSA) is 9.23 Å². The molecule has 0 aliphatic carbocycles. The Kier molecular flexibility index (Phi) is 2.80. The second-order valence-corrected chi connectivity index (χ2v) is 2.16. The molecule has 1 aromatic carbocycles. The van der Waals surface area contributed by atoms with Gasteiger partial charge in [-0.3, -0.25) is 0 Å². The third-order valence-corrected chi connectivity index (χ3v) is 1.32. The van der Waals surface area contributed by atoms with Gasteiger partial charge in [-0.25, -0.2) is 0 Å². The molecule has 0 aliphatic rings. The predicted molar refractivity (Wildman–Crippen MR) is 43.2 cm³/mol. The minimum atomic E-state index is -2.77. The fraction of sp³-hybridized carbons (Fsp3) is 0.111. The van der Waals surface area contributed by atoms with Crippen LogP contribution in [0.15, 0.2) is 30.8 Å². The van der Waals surface area contributed by atoms with Crippen LogP contribution in [0.3, 0.4) is 0 Å². The van der Waals surface area contributed by atoms with Gasteiger partial charge in [-0.1, -0.05) is 24.8 Å². The van der Waals surface area contributed by atoms with E-state index in [4.69, 9.17) is 0 Å². The van der Waals surface area contributed by atoms with Gasteiger partial charge < -0.3 is 4.74 Å². The molecule has 0 spiro atoms. The Balaban J connectivity index is 2.79. The fourth-order valence-corrected chi connectivity index (χ4v) is 0.818. The Hall–Kier alpha value is -1.38. The van der Waals surface area contributed by atoms with Gasteiger partial charge in [0, 0.05) is 0 Å². The summed E-state index contributed by atoms with van der Waals surface area (Å²) in [4.78, 5) is 0. The van der Waals surface area contributed by atoms with Crippen molar-refractivity contribution in [1.82, 2.24) is 0 Å². The molecule has 0 heterocycles. The standard InChI is InChI=1S/C9H8F2O/c1-2-7-4-3-5-8(6-7)12-9(10)11/h2-6,9H,1H2. The van der Waals surface area contributed by atoms with Gasteiger partial charge in [-0.15, -0.1) is 0 Å². The summed E-state index contributed by atoms with van der Waals surface area (Å²) in [5.74, 6) is 0.155. The maximum absolute atomic E-state index is 11.7. The first kappa shape index (κ1) is 8.71. The Morgan fingerprint density at radius 1 is 1.42 bits per heavy atom. The van der Waals surface area contributed by atoms with Gasteiger partial charge in [-0.2, -0.15) is 8.78 Å². The number of benzene rings is 1. The van der Waals surface area contributed by atoms with Gasteiger partial charge in [0.05, 0.1) is 0 Å². The molecule has 64 valence electrons. The highest BCUT2D eigenvalue weighted by Gasteiger charge is 2.02. The number of hydrogen-bond donors (Lipinski definition) is 0. The summed E-state index contributed by atoms with van der Waals surface area (Å²) in [5.41, 5.74) is 0.758. The van der Waals surface area contributed by atoms with Crippen molar-refractivity contribution in [3.8, 4) is 5.75 Å². The van der Waals surface area contributed by atoms with E-state index < -0.39 is 6.61 Å². The van der Waals surface area contributed by atoms with Crippen LogP contribution in [0.5, 0.6) is 5.75 Å². The Bertz CT molecular complexity index is 271. The maximum atomic E-state index is 11.7. The highest BCUT2D eigenvalue weighted by Crippen LogP contribution is 2.16. The van der Waals surface area contributed by atoms with Crippen molar-refractivity contribution in [3.63, 3.8) is 0 Å². The van der Waals surface area contributed by atoms with Crippen molar-refractivity contribution in [2.75, 3.05) is 0 Å². The molecular weight excluding hydrogens is 162 g/mol. The molecule has 0 bridgehead atoms. The molecular formula is C9H8F2O. The van der Waals surface area contributed by atoms with E-state index in [1.54, 1.807) is 18.2 Å². The second kappa shape index (κ2) is 3.85. The first-order valence-electron chi connectivity index (χ1n) is 3.39. The lowest BCUT2D eigenvalue weighted by molar-refractivity contribution is -0.0498. The van der Waals surface area contributed by atoms with Crippen LogP contribution in [0.25, 0.3) is 6.08 Å². The first-order chi connectivity index (χ1) is 5.72. The Labute approximate surface area is 69.3 Å². The summed E-state index contributed by atoms with van der Waals surface area (Å²) in [5, 5.41) is 0. The van der Waals surface area contributed by atoms with E-state index in [1.807, 2.05) is 0 Å². The average molecular weight is 170 g/mol. The summed E-state index contributed by atoms with van der Waals surface area (Å²) in [6.45, 7) is 0.735. The molecule has 1 nitrogen and oxygen atoms in total. The number of rotatable bonds is 3. The smallest absolute Gasteiger partial charge is 0.387 e. The molecule has 0 unspecified atom stereocenters. The van der Waals surface area contributed by atoms with Crippen molar-refractivity contribution in [2.45, 2.75) is 6.61 Å². The fourth-order valence-electron chi connectivity index (χ4n) is 0.818. The summed E-state index contributed by atoms with van der Waals surface area (Å²) in [6, 6.07) is 6.36. The normalized spacial score (nSPS) is 9.92. The van der Waals surface area contributed by atoms with Gasteiger partial charge in [0.25, 0.3) is 0 Å². The molecule has 1 rings (SSSR count). The van der Waals surface area contributed by atoms with E-state index >= 15 is 0 Å². The van der Waals surface area contributed by atoms with Crippen LogP contribution in [-0.2, 0) is 0 Å².